The highest BCUT2D eigenvalue weighted by atomic mass is 35.5. The predicted octanol–water partition coefficient (Wildman–Crippen LogP) is 2.33. The zero-order valence-corrected chi connectivity index (χ0v) is 6.10. The van der Waals surface area contributed by atoms with Crippen molar-refractivity contribution in [3.63, 3.8) is 0 Å². The SMILES string of the molecule is C=CC=COCCCCl. The Morgan fingerprint density at radius 2 is 2.33 bits per heavy atom. The van der Waals surface area contributed by atoms with Gasteiger partial charge in [-0.2, -0.15) is 0 Å². The highest BCUT2D eigenvalue weighted by Gasteiger charge is 1.79. The van der Waals surface area contributed by atoms with Gasteiger partial charge in [-0.3, -0.25) is 0 Å². The van der Waals surface area contributed by atoms with Crippen LogP contribution in [0.5, 0.6) is 0 Å². The van der Waals surface area contributed by atoms with E-state index in [9.17, 15) is 0 Å². The third-order valence-corrected chi connectivity index (χ3v) is 0.974. The Kier molecular flexibility index (Phi) is 7.21. The molecule has 0 amide bonds. The van der Waals surface area contributed by atoms with Gasteiger partial charge >= 0.3 is 0 Å². The van der Waals surface area contributed by atoms with Gasteiger partial charge in [-0.05, 0) is 12.5 Å². The van der Waals surface area contributed by atoms with Gasteiger partial charge in [0, 0.05) is 5.88 Å². The molecule has 0 rings (SSSR count). The van der Waals surface area contributed by atoms with Gasteiger partial charge in [0.2, 0.25) is 0 Å². The molecule has 0 aliphatic carbocycles. The first-order valence-electron chi connectivity index (χ1n) is 2.87. The van der Waals surface area contributed by atoms with E-state index >= 15 is 0 Å². The molecule has 0 spiro atoms. The Morgan fingerprint density at radius 3 is 2.89 bits per heavy atom. The second-order valence-corrected chi connectivity index (χ2v) is 1.86. The average Bonchev–Trinajstić information content (AvgIpc) is 1.89. The third-order valence-electron chi connectivity index (χ3n) is 0.707. The van der Waals surface area contributed by atoms with Crippen LogP contribution in [-0.2, 0) is 4.74 Å². The van der Waals surface area contributed by atoms with Crippen LogP contribution in [0.3, 0.4) is 0 Å². The lowest BCUT2D eigenvalue weighted by Crippen LogP contribution is -1.86. The fourth-order valence-corrected chi connectivity index (χ4v) is 0.426. The summed E-state index contributed by atoms with van der Waals surface area (Å²) in [7, 11) is 0. The number of halogens is 1. The molecule has 0 aliphatic rings. The molecule has 9 heavy (non-hydrogen) atoms. The minimum atomic E-state index is 0.655. The van der Waals surface area contributed by atoms with Crippen LogP contribution in [0.15, 0.2) is 25.0 Å². The molecule has 0 aromatic rings. The largest absolute Gasteiger partial charge is 0.501 e. The summed E-state index contributed by atoms with van der Waals surface area (Å²) in [5.74, 6) is 0.655. The van der Waals surface area contributed by atoms with E-state index < -0.39 is 0 Å². The Labute approximate surface area is 61.0 Å². The molecule has 0 fully saturated rings. The molecule has 0 heterocycles. The van der Waals surface area contributed by atoms with Crippen molar-refractivity contribution >= 4 is 11.6 Å². The van der Waals surface area contributed by atoms with Crippen LogP contribution in [-0.4, -0.2) is 12.5 Å². The summed E-state index contributed by atoms with van der Waals surface area (Å²) in [5.41, 5.74) is 0. The van der Waals surface area contributed by atoms with Gasteiger partial charge in [-0.15, -0.1) is 11.6 Å². The van der Waals surface area contributed by atoms with Gasteiger partial charge in [0.15, 0.2) is 0 Å². The van der Waals surface area contributed by atoms with Gasteiger partial charge in [-0.25, -0.2) is 0 Å². The highest BCUT2D eigenvalue weighted by molar-refractivity contribution is 6.17. The average molecular weight is 147 g/mol. The summed E-state index contributed by atoms with van der Waals surface area (Å²) in [4.78, 5) is 0. The zero-order chi connectivity index (χ0) is 6.95. The molecule has 52 valence electrons. The summed E-state index contributed by atoms with van der Waals surface area (Å²) in [5, 5.41) is 0. The van der Waals surface area contributed by atoms with Crippen molar-refractivity contribution in [2.75, 3.05) is 12.5 Å². The molecule has 0 radical (unpaired) electrons. The van der Waals surface area contributed by atoms with E-state index in [1.165, 1.54) is 0 Å². The first-order valence-corrected chi connectivity index (χ1v) is 3.40. The molecular formula is C7H11ClO. The lowest BCUT2D eigenvalue weighted by Gasteiger charge is -1.94. The minimum absolute atomic E-state index is 0.655. The number of allylic oxidation sites excluding steroid dienone is 2. The smallest absolute Gasteiger partial charge is 0.0884 e. The fourth-order valence-electron chi connectivity index (χ4n) is 0.317. The van der Waals surface area contributed by atoms with Crippen molar-refractivity contribution in [2.24, 2.45) is 0 Å². The molecule has 1 nitrogen and oxygen atoms in total. The molecule has 0 saturated heterocycles. The topological polar surface area (TPSA) is 9.23 Å². The van der Waals surface area contributed by atoms with Crippen LogP contribution in [0.2, 0.25) is 0 Å². The van der Waals surface area contributed by atoms with Crippen LogP contribution >= 0.6 is 11.6 Å². The summed E-state index contributed by atoms with van der Waals surface area (Å²) in [6.45, 7) is 4.17. The molecule has 0 saturated carbocycles. The summed E-state index contributed by atoms with van der Waals surface area (Å²) >= 11 is 5.39. The number of ether oxygens (including phenoxy) is 1. The maximum atomic E-state index is 5.39. The van der Waals surface area contributed by atoms with Crippen molar-refractivity contribution in [1.82, 2.24) is 0 Å². The van der Waals surface area contributed by atoms with Crippen LogP contribution in [0.1, 0.15) is 6.42 Å². The number of alkyl halides is 1. The van der Waals surface area contributed by atoms with E-state index in [4.69, 9.17) is 16.3 Å². The fraction of sp³-hybridized carbons (Fsp3) is 0.429. The summed E-state index contributed by atoms with van der Waals surface area (Å²) in [6.07, 6.45) is 5.91. The highest BCUT2D eigenvalue weighted by Crippen LogP contribution is 1.86. The van der Waals surface area contributed by atoms with E-state index in [-0.39, 0.29) is 0 Å². The Balaban J connectivity index is 2.90. The quantitative estimate of drug-likeness (QED) is 0.250. The number of hydrogen-bond donors (Lipinski definition) is 0. The molecule has 0 aliphatic heterocycles. The number of hydrogen-bond acceptors (Lipinski definition) is 1. The summed E-state index contributed by atoms with van der Waals surface area (Å²) < 4.78 is 4.98. The zero-order valence-electron chi connectivity index (χ0n) is 5.35. The standard InChI is InChI=1S/C7H11ClO/c1-2-3-6-9-7-4-5-8/h2-3,6H,1,4-5,7H2. The van der Waals surface area contributed by atoms with Crippen LogP contribution in [0.4, 0.5) is 0 Å². The Hall–Kier alpha value is -0.430. The molecule has 0 bridgehead atoms. The predicted molar refractivity (Wildman–Crippen MR) is 40.6 cm³/mol. The third kappa shape index (κ3) is 7.57. The van der Waals surface area contributed by atoms with Crippen molar-refractivity contribution in [3.05, 3.63) is 25.0 Å². The maximum absolute atomic E-state index is 5.39. The molecule has 0 unspecified atom stereocenters. The van der Waals surface area contributed by atoms with E-state index in [0.717, 1.165) is 6.42 Å². The lowest BCUT2D eigenvalue weighted by molar-refractivity contribution is 0.251. The maximum Gasteiger partial charge on any atom is 0.0884 e. The van der Waals surface area contributed by atoms with Gasteiger partial charge < -0.3 is 4.74 Å². The second kappa shape index (κ2) is 7.57. The van der Waals surface area contributed by atoms with E-state index in [0.29, 0.717) is 12.5 Å². The number of rotatable bonds is 5. The van der Waals surface area contributed by atoms with Crippen LogP contribution < -0.4 is 0 Å². The molecule has 2 heteroatoms. The minimum Gasteiger partial charge on any atom is -0.501 e. The Bertz CT molecular complexity index is 88.9. The van der Waals surface area contributed by atoms with Crippen molar-refractivity contribution in [2.45, 2.75) is 6.42 Å². The monoisotopic (exact) mass is 146 g/mol. The second-order valence-electron chi connectivity index (χ2n) is 1.48. The van der Waals surface area contributed by atoms with E-state index in [1.807, 2.05) is 0 Å². The molecule has 0 aromatic carbocycles. The van der Waals surface area contributed by atoms with Gasteiger partial charge in [0.25, 0.3) is 0 Å². The Morgan fingerprint density at radius 1 is 1.56 bits per heavy atom. The van der Waals surface area contributed by atoms with E-state index in [1.54, 1.807) is 18.4 Å². The molecule has 0 aromatic heterocycles. The van der Waals surface area contributed by atoms with Crippen LogP contribution in [0.25, 0.3) is 0 Å². The van der Waals surface area contributed by atoms with Gasteiger partial charge in [0.1, 0.15) is 0 Å². The van der Waals surface area contributed by atoms with Crippen molar-refractivity contribution < 1.29 is 4.74 Å². The summed E-state index contributed by atoms with van der Waals surface area (Å²) in [6, 6.07) is 0. The lowest BCUT2D eigenvalue weighted by atomic mass is 10.5. The van der Waals surface area contributed by atoms with E-state index in [2.05, 4.69) is 6.58 Å². The first kappa shape index (κ1) is 8.57. The van der Waals surface area contributed by atoms with Crippen LogP contribution in [0, 0.1) is 0 Å². The van der Waals surface area contributed by atoms with Crippen molar-refractivity contribution in [3.8, 4) is 0 Å². The molecule has 0 N–H and O–H groups in total. The van der Waals surface area contributed by atoms with Gasteiger partial charge in [-0.1, -0.05) is 12.7 Å². The normalized spacial score (nSPS) is 9.89. The first-order chi connectivity index (χ1) is 4.41. The van der Waals surface area contributed by atoms with Gasteiger partial charge in [0.05, 0.1) is 12.9 Å². The van der Waals surface area contributed by atoms with Crippen molar-refractivity contribution in [1.29, 1.82) is 0 Å². The molecular weight excluding hydrogens is 136 g/mol. The molecule has 0 atom stereocenters.